The number of nitrogens with zero attached hydrogens (tertiary/aromatic N) is 2. The number of rotatable bonds is 6. The highest BCUT2D eigenvalue weighted by Crippen LogP contribution is 2.23. The largest absolute Gasteiger partial charge is 0.304 e. The minimum absolute atomic E-state index is 0.115. The van der Waals surface area contributed by atoms with E-state index in [-0.39, 0.29) is 16.7 Å². The van der Waals surface area contributed by atoms with E-state index >= 15 is 0 Å². The van der Waals surface area contributed by atoms with Gasteiger partial charge in [0.2, 0.25) is 0 Å². The molecule has 1 aromatic heterocycles. The first-order valence-corrected chi connectivity index (χ1v) is 7.37. The first kappa shape index (κ1) is 16.1. The molecule has 1 atom stereocenters. The molecule has 0 spiro atoms. The number of hydrogen-bond donors (Lipinski definition) is 1. The number of nitro benzene ring substituents is 1. The summed E-state index contributed by atoms with van der Waals surface area (Å²) >= 11 is 0. The molecule has 0 aliphatic heterocycles. The molecule has 5 heteroatoms. The fraction of sp³-hybridized carbons (Fsp3) is 0.353. The fourth-order valence-electron chi connectivity index (χ4n) is 2.43. The lowest BCUT2D eigenvalue weighted by Gasteiger charge is -2.23. The number of aromatic nitrogens is 1. The molecule has 0 bridgehead atoms. The van der Waals surface area contributed by atoms with E-state index in [2.05, 4.69) is 37.1 Å². The number of benzene rings is 1. The highest BCUT2D eigenvalue weighted by atomic mass is 16.6. The molecule has 2 rings (SSSR count). The van der Waals surface area contributed by atoms with E-state index in [9.17, 15) is 10.1 Å². The summed E-state index contributed by atoms with van der Waals surface area (Å²) in [7, 11) is 0. The summed E-state index contributed by atoms with van der Waals surface area (Å²) in [6, 6.07) is 10.8. The molecule has 1 aromatic carbocycles. The number of non-ortho nitro benzene ring substituents is 1. The highest BCUT2D eigenvalue weighted by Gasteiger charge is 2.18. The third-order valence-electron chi connectivity index (χ3n) is 3.68. The molecule has 1 unspecified atom stereocenters. The molecule has 1 heterocycles. The van der Waals surface area contributed by atoms with Crippen molar-refractivity contribution in [2.24, 2.45) is 5.92 Å². The van der Waals surface area contributed by atoms with Gasteiger partial charge >= 0.3 is 0 Å². The first-order valence-electron chi connectivity index (χ1n) is 7.37. The summed E-state index contributed by atoms with van der Waals surface area (Å²) in [6.07, 6.45) is 1.81. The second-order valence-electron chi connectivity index (χ2n) is 5.73. The Labute approximate surface area is 130 Å². The van der Waals surface area contributed by atoms with Gasteiger partial charge in [0.15, 0.2) is 0 Å². The summed E-state index contributed by atoms with van der Waals surface area (Å²) in [4.78, 5) is 14.8. The van der Waals surface area contributed by atoms with Crippen LogP contribution in [-0.2, 0) is 6.54 Å². The maximum atomic E-state index is 10.7. The Morgan fingerprint density at radius 2 is 1.91 bits per heavy atom. The molecular weight excluding hydrogens is 278 g/mol. The Hall–Kier alpha value is -2.27. The van der Waals surface area contributed by atoms with Crippen LogP contribution in [0, 0.1) is 23.0 Å². The maximum absolute atomic E-state index is 10.7. The molecule has 22 heavy (non-hydrogen) atoms. The van der Waals surface area contributed by atoms with Gasteiger partial charge in [0.25, 0.3) is 5.69 Å². The number of nitro groups is 1. The maximum Gasteiger partial charge on any atom is 0.269 e. The number of nitrogens with one attached hydrogen (secondary N) is 1. The van der Waals surface area contributed by atoms with Crippen LogP contribution >= 0.6 is 0 Å². The van der Waals surface area contributed by atoms with Crippen molar-refractivity contribution in [2.75, 3.05) is 0 Å². The van der Waals surface area contributed by atoms with E-state index in [1.54, 1.807) is 12.1 Å². The van der Waals surface area contributed by atoms with Gasteiger partial charge in [-0.2, -0.15) is 0 Å². The van der Waals surface area contributed by atoms with Crippen LogP contribution < -0.4 is 5.32 Å². The van der Waals surface area contributed by atoms with Crippen LogP contribution in [0.1, 0.15) is 36.7 Å². The van der Waals surface area contributed by atoms with Gasteiger partial charge < -0.3 is 5.32 Å². The fourth-order valence-corrected chi connectivity index (χ4v) is 2.43. The van der Waals surface area contributed by atoms with Crippen LogP contribution in [0.25, 0.3) is 0 Å². The molecule has 5 nitrogen and oxygen atoms in total. The molecule has 0 saturated heterocycles. The Balaban J connectivity index is 2.09. The zero-order valence-corrected chi connectivity index (χ0v) is 13.1. The van der Waals surface area contributed by atoms with E-state index in [4.69, 9.17) is 0 Å². The minimum atomic E-state index is -0.384. The third kappa shape index (κ3) is 3.89. The Bertz CT molecular complexity index is 639. The normalized spacial score (nSPS) is 12.4. The van der Waals surface area contributed by atoms with E-state index in [1.807, 2.05) is 12.3 Å². The van der Waals surface area contributed by atoms with Crippen molar-refractivity contribution >= 4 is 5.69 Å². The van der Waals surface area contributed by atoms with Crippen molar-refractivity contribution < 1.29 is 4.92 Å². The molecule has 0 aliphatic carbocycles. The molecule has 0 amide bonds. The van der Waals surface area contributed by atoms with E-state index in [0.29, 0.717) is 12.5 Å². The predicted octanol–water partition coefficient (Wildman–Crippen LogP) is 3.79. The summed E-state index contributed by atoms with van der Waals surface area (Å²) in [5, 5.41) is 14.2. The number of pyridine rings is 1. The summed E-state index contributed by atoms with van der Waals surface area (Å²) in [5.74, 6) is 0.395. The minimum Gasteiger partial charge on any atom is -0.304 e. The third-order valence-corrected chi connectivity index (χ3v) is 3.68. The molecule has 116 valence electrons. The van der Waals surface area contributed by atoms with Crippen molar-refractivity contribution in [2.45, 2.75) is 33.4 Å². The van der Waals surface area contributed by atoms with Crippen LogP contribution in [0.2, 0.25) is 0 Å². The quantitative estimate of drug-likeness (QED) is 0.651. The van der Waals surface area contributed by atoms with Crippen LogP contribution in [0.3, 0.4) is 0 Å². The SMILES string of the molecule is Cc1cccnc1C(NCc1ccc([N+](=O)[O-])cc1)C(C)C. The second kappa shape index (κ2) is 7.13. The second-order valence-corrected chi connectivity index (χ2v) is 5.73. The van der Waals surface area contributed by atoms with Gasteiger partial charge in [-0.15, -0.1) is 0 Å². The molecular formula is C17H21N3O2. The average Bonchev–Trinajstić information content (AvgIpc) is 2.49. The van der Waals surface area contributed by atoms with Crippen LogP contribution in [0.15, 0.2) is 42.6 Å². The Morgan fingerprint density at radius 1 is 1.23 bits per heavy atom. The van der Waals surface area contributed by atoms with Gasteiger partial charge in [-0.1, -0.05) is 32.0 Å². The lowest BCUT2D eigenvalue weighted by molar-refractivity contribution is -0.384. The Kier molecular flexibility index (Phi) is 5.22. The van der Waals surface area contributed by atoms with Gasteiger partial charge in [0, 0.05) is 24.9 Å². The molecule has 0 saturated carbocycles. The molecule has 0 radical (unpaired) electrons. The van der Waals surface area contributed by atoms with Gasteiger partial charge in [-0.3, -0.25) is 15.1 Å². The van der Waals surface area contributed by atoms with Crippen molar-refractivity contribution in [3.05, 3.63) is 69.5 Å². The zero-order valence-electron chi connectivity index (χ0n) is 13.1. The van der Waals surface area contributed by atoms with Gasteiger partial charge in [-0.05, 0) is 30.0 Å². The molecule has 0 fully saturated rings. The van der Waals surface area contributed by atoms with E-state index in [0.717, 1.165) is 16.8 Å². The Morgan fingerprint density at radius 3 is 2.45 bits per heavy atom. The average molecular weight is 299 g/mol. The summed E-state index contributed by atoms with van der Waals surface area (Å²) in [5.41, 5.74) is 3.35. The van der Waals surface area contributed by atoms with E-state index < -0.39 is 0 Å². The lowest BCUT2D eigenvalue weighted by atomic mass is 9.97. The standard InChI is InChI=1S/C17H21N3O2/c1-12(2)16(17-13(3)5-4-10-18-17)19-11-14-6-8-15(9-7-14)20(21)22/h4-10,12,16,19H,11H2,1-3H3. The molecule has 0 aliphatic rings. The smallest absolute Gasteiger partial charge is 0.269 e. The summed E-state index contributed by atoms with van der Waals surface area (Å²) in [6.45, 7) is 7.02. The lowest BCUT2D eigenvalue weighted by Crippen LogP contribution is -2.27. The number of hydrogen-bond acceptors (Lipinski definition) is 4. The van der Waals surface area contributed by atoms with Gasteiger partial charge in [0.1, 0.15) is 0 Å². The van der Waals surface area contributed by atoms with Crippen LogP contribution in [-0.4, -0.2) is 9.91 Å². The molecule has 2 aromatic rings. The summed E-state index contributed by atoms with van der Waals surface area (Å²) < 4.78 is 0. The van der Waals surface area contributed by atoms with Crippen molar-refractivity contribution in [3.8, 4) is 0 Å². The zero-order chi connectivity index (χ0) is 16.1. The number of aryl methyl sites for hydroxylation is 1. The first-order chi connectivity index (χ1) is 10.5. The predicted molar refractivity (Wildman–Crippen MR) is 86.5 cm³/mol. The topological polar surface area (TPSA) is 68.1 Å². The van der Waals surface area contributed by atoms with E-state index in [1.165, 1.54) is 12.1 Å². The van der Waals surface area contributed by atoms with Crippen LogP contribution in [0.4, 0.5) is 5.69 Å². The van der Waals surface area contributed by atoms with Gasteiger partial charge in [-0.25, -0.2) is 0 Å². The van der Waals surface area contributed by atoms with Gasteiger partial charge in [0.05, 0.1) is 16.7 Å². The van der Waals surface area contributed by atoms with Crippen molar-refractivity contribution in [1.29, 1.82) is 0 Å². The van der Waals surface area contributed by atoms with Crippen LogP contribution in [0.5, 0.6) is 0 Å². The highest BCUT2D eigenvalue weighted by molar-refractivity contribution is 5.33. The van der Waals surface area contributed by atoms with Crippen molar-refractivity contribution in [3.63, 3.8) is 0 Å². The monoisotopic (exact) mass is 299 g/mol. The van der Waals surface area contributed by atoms with Crippen molar-refractivity contribution in [1.82, 2.24) is 10.3 Å². The molecule has 1 N–H and O–H groups in total.